The van der Waals surface area contributed by atoms with Crippen molar-refractivity contribution in [1.29, 1.82) is 0 Å². The average Bonchev–Trinajstić information content (AvgIpc) is 1.09. The van der Waals surface area contributed by atoms with Gasteiger partial charge in [0.15, 0.2) is 17.5 Å². The monoisotopic (exact) mass is 1660 g/mol. The average molecular weight is 1660 g/mol. The molecule has 13 aromatic carbocycles. The molecule has 0 saturated carbocycles. The van der Waals surface area contributed by atoms with E-state index in [0.717, 1.165) is 128 Å². The molecule has 0 aliphatic heterocycles. The summed E-state index contributed by atoms with van der Waals surface area (Å²) in [4.78, 5) is 21.3. The Morgan fingerprint density at radius 3 is 0.664 bits per heavy atom. The molecular formula is C95H86Cl2N18O7. The Bertz CT molecular complexity index is 6490. The largest absolute Gasteiger partial charge is 0.507 e. The van der Waals surface area contributed by atoms with E-state index in [9.17, 15) is 35.7 Å². The number of phenols is 7. The Kier molecular flexibility index (Phi) is 24.2. The van der Waals surface area contributed by atoms with Crippen molar-refractivity contribution in [1.82, 2.24) is 89.9 Å². The maximum absolute atomic E-state index is 10.5. The molecule has 6 heterocycles. The molecule has 27 heteroatoms. The third-order valence-corrected chi connectivity index (χ3v) is 20.3. The fraction of sp³-hybridized carbons (Fsp3) is 0.147. The van der Waals surface area contributed by atoms with Gasteiger partial charge in [-0.3, -0.25) is 0 Å². The molecule has 0 amide bonds. The minimum Gasteiger partial charge on any atom is -0.507 e. The molecule has 19 aromatic rings. The molecule has 25 nitrogen and oxygen atoms in total. The highest BCUT2D eigenvalue weighted by molar-refractivity contribution is 6.31. The predicted molar refractivity (Wildman–Crippen MR) is 478 cm³/mol. The summed E-state index contributed by atoms with van der Waals surface area (Å²) in [6.07, 6.45) is 0. The van der Waals surface area contributed by atoms with Gasteiger partial charge in [0, 0.05) is 15.6 Å². The quantitative estimate of drug-likeness (QED) is 0.0743. The molecule has 0 unspecified atom stereocenters. The Balaban J connectivity index is 0.000000121. The van der Waals surface area contributed by atoms with Gasteiger partial charge in [0.05, 0.1) is 11.1 Å². The first kappa shape index (κ1) is 83.5. The zero-order valence-corrected chi connectivity index (χ0v) is 70.8. The fourth-order valence-electron chi connectivity index (χ4n) is 13.8. The van der Waals surface area contributed by atoms with Gasteiger partial charge in [-0.15, -0.1) is 75.0 Å². The van der Waals surface area contributed by atoms with Crippen molar-refractivity contribution in [2.24, 2.45) is 0 Å². The van der Waals surface area contributed by atoms with E-state index in [1.54, 1.807) is 60.7 Å². The Hall–Kier alpha value is -15.0. The number of fused-ring (bicyclic) bond motifs is 5. The van der Waals surface area contributed by atoms with Crippen molar-refractivity contribution in [3.05, 3.63) is 312 Å². The second kappa shape index (κ2) is 35.3. The number of hydrogen-bond donors (Lipinski definition) is 7. The molecule has 6 aromatic heterocycles. The number of halogens is 2. The molecule has 0 fully saturated rings. The van der Waals surface area contributed by atoms with Gasteiger partial charge in [-0.1, -0.05) is 126 Å². The van der Waals surface area contributed by atoms with Crippen LogP contribution in [0, 0.1) is 96.9 Å². The lowest BCUT2D eigenvalue weighted by Crippen LogP contribution is -2.01. The van der Waals surface area contributed by atoms with Crippen LogP contribution in [0.5, 0.6) is 40.2 Å². The van der Waals surface area contributed by atoms with Crippen molar-refractivity contribution >= 4 is 78.4 Å². The molecule has 0 atom stereocenters. The number of nitrogens with zero attached hydrogens (tertiary/aromatic N) is 18. The molecular weight excluding hydrogens is 1580 g/mol. The number of aromatic nitrogens is 18. The van der Waals surface area contributed by atoms with E-state index in [1.165, 1.54) is 24.0 Å². The lowest BCUT2D eigenvalue weighted by molar-refractivity contribution is 0.463. The van der Waals surface area contributed by atoms with Crippen molar-refractivity contribution < 1.29 is 35.7 Å². The van der Waals surface area contributed by atoms with Crippen molar-refractivity contribution in [3.8, 4) is 103 Å². The normalized spacial score (nSPS) is 11.0. The summed E-state index contributed by atoms with van der Waals surface area (Å²) in [5, 5.41) is 116. The van der Waals surface area contributed by atoms with Crippen LogP contribution < -0.4 is 0 Å². The lowest BCUT2D eigenvalue weighted by Gasteiger charge is -2.12. The third kappa shape index (κ3) is 18.6. The van der Waals surface area contributed by atoms with Crippen LogP contribution in [-0.2, 0) is 0 Å². The highest BCUT2D eigenvalue weighted by Crippen LogP contribution is 2.37. The highest BCUT2D eigenvalue weighted by Gasteiger charge is 2.21. The summed E-state index contributed by atoms with van der Waals surface area (Å²) in [6, 6.07) is 69.4. The summed E-state index contributed by atoms with van der Waals surface area (Å²) in [5.74, 6) is 2.46. The van der Waals surface area contributed by atoms with E-state index in [1.807, 2.05) is 255 Å². The number of aryl methyl sites for hydroxylation is 14. The molecule has 0 aliphatic rings. The van der Waals surface area contributed by atoms with Crippen molar-refractivity contribution in [2.45, 2.75) is 96.9 Å². The first-order valence-electron chi connectivity index (χ1n) is 38.8. The van der Waals surface area contributed by atoms with Crippen LogP contribution in [-0.4, -0.2) is 126 Å². The lowest BCUT2D eigenvalue weighted by atomic mass is 10.0. The van der Waals surface area contributed by atoms with Gasteiger partial charge in [0.2, 0.25) is 0 Å². The molecule has 7 N–H and O–H groups in total. The zero-order valence-electron chi connectivity index (χ0n) is 69.3. The SMILES string of the molecule is Cc1cc(C)c(O)c(-n2nc3ccc(Cl)cc3n2)c1.Cc1cc(C)c(O)c(-n2nc3ccc(Cl)cc3n2)c1.Cc1cc(C)c(O)c(-n2nc3ccccc3n2)c1.Cc1cc(C)c(O)c(-n2nc3ccccc3n2)c1.Cc1cc(C)c(O)c(-n2nc3ccccc3n2)c1.Cc1ccc(-c2nc(-c3ccc(C)cc3O)nc(-c3ccc(C)cc3O)n2)c(C)c1. The van der Waals surface area contributed by atoms with Crippen LogP contribution in [0.15, 0.2) is 224 Å². The number of rotatable bonds is 8. The van der Waals surface area contributed by atoms with Crippen LogP contribution in [0.1, 0.15) is 77.9 Å². The van der Waals surface area contributed by atoms with Crippen LogP contribution in [0.4, 0.5) is 0 Å². The number of benzene rings is 13. The minimum atomic E-state index is 0.104. The van der Waals surface area contributed by atoms with Gasteiger partial charge in [-0.25, -0.2) is 15.0 Å². The molecule has 612 valence electrons. The summed E-state index contributed by atoms with van der Waals surface area (Å²) in [7, 11) is 0. The number of aromatic hydroxyl groups is 7. The van der Waals surface area contributed by atoms with Crippen LogP contribution in [0.3, 0.4) is 0 Å². The standard InChI is InChI=1S/C25H23N3O2.2C14H12ClN3O.3C14H13N3O/c1-14-5-8-18(17(4)11-14)23-26-24(19-9-6-15(2)12-21(19)29)28-25(27-23)20-10-7-16(3)13-22(20)30;2*1-8-5-9(2)14(19)13(6-8)18-16-11-4-3-10(15)7-12(11)17-18;3*1-9-7-10(2)14(18)13(8-9)17-15-11-5-3-4-6-12(11)16-17/h5-13,29-30H,1-4H3;2*3-7,19H,1-2H3;3*3-8,18H,1-2H3. The Morgan fingerprint density at radius 2 is 0.418 bits per heavy atom. The highest BCUT2D eigenvalue weighted by atomic mass is 35.5. The molecule has 19 rings (SSSR count). The summed E-state index contributed by atoms with van der Waals surface area (Å²) < 4.78 is 0. The van der Waals surface area contributed by atoms with Crippen LogP contribution in [0.25, 0.3) is 118 Å². The topological polar surface area (TPSA) is 334 Å². The van der Waals surface area contributed by atoms with E-state index >= 15 is 0 Å². The van der Waals surface area contributed by atoms with Gasteiger partial charge in [-0.05, 0) is 297 Å². The molecule has 0 radical (unpaired) electrons. The first-order valence-corrected chi connectivity index (χ1v) is 39.6. The van der Waals surface area contributed by atoms with E-state index < -0.39 is 0 Å². The van der Waals surface area contributed by atoms with E-state index in [-0.39, 0.29) is 40.2 Å². The zero-order chi connectivity index (χ0) is 86.6. The second-order valence-corrected chi connectivity index (χ2v) is 31.0. The number of phenolic OH excluding ortho intramolecular Hbond substituents is 7. The second-order valence-electron chi connectivity index (χ2n) is 30.1. The Labute approximate surface area is 712 Å². The first-order chi connectivity index (χ1) is 58.3. The van der Waals surface area contributed by atoms with Crippen molar-refractivity contribution in [3.63, 3.8) is 0 Å². The van der Waals surface area contributed by atoms with Gasteiger partial charge >= 0.3 is 0 Å². The van der Waals surface area contributed by atoms with Gasteiger partial charge in [0.1, 0.15) is 124 Å². The van der Waals surface area contributed by atoms with Crippen LogP contribution >= 0.6 is 23.2 Å². The molecule has 122 heavy (non-hydrogen) atoms. The third-order valence-electron chi connectivity index (χ3n) is 19.8. The molecule has 0 saturated heterocycles. The summed E-state index contributed by atoms with van der Waals surface area (Å²) in [6.45, 7) is 27.1. The minimum absolute atomic E-state index is 0.104. The Morgan fingerprint density at radius 1 is 0.205 bits per heavy atom. The predicted octanol–water partition coefficient (Wildman–Crippen LogP) is 20.5. The van der Waals surface area contributed by atoms with Gasteiger partial charge < -0.3 is 35.7 Å². The maximum atomic E-state index is 10.5. The summed E-state index contributed by atoms with van der Waals surface area (Å²) >= 11 is 11.9. The number of hydrogen-bond acceptors (Lipinski definition) is 20. The maximum Gasteiger partial charge on any atom is 0.167 e. The van der Waals surface area contributed by atoms with E-state index in [0.29, 0.717) is 78.1 Å². The van der Waals surface area contributed by atoms with Crippen molar-refractivity contribution in [2.75, 3.05) is 0 Å². The van der Waals surface area contributed by atoms with Crippen LogP contribution in [0.2, 0.25) is 10.0 Å². The molecule has 0 aliphatic carbocycles. The molecule has 0 spiro atoms. The van der Waals surface area contributed by atoms with E-state index in [4.69, 9.17) is 23.2 Å². The smallest absolute Gasteiger partial charge is 0.167 e. The van der Waals surface area contributed by atoms with E-state index in [2.05, 4.69) is 72.0 Å². The van der Waals surface area contributed by atoms with Gasteiger partial charge in [-0.2, -0.15) is 0 Å². The molecule has 0 bridgehead atoms. The fourth-order valence-corrected chi connectivity index (χ4v) is 14.1. The van der Waals surface area contributed by atoms with Gasteiger partial charge in [0.25, 0.3) is 0 Å². The summed E-state index contributed by atoms with van der Waals surface area (Å²) in [5.41, 5.74) is 26.1.